The summed E-state index contributed by atoms with van der Waals surface area (Å²) in [6.45, 7) is 0.467. The first-order chi connectivity index (χ1) is 9.06. The molecule has 0 saturated heterocycles. The van der Waals surface area contributed by atoms with Gasteiger partial charge in [0.05, 0.1) is 10.7 Å². The predicted octanol–water partition coefficient (Wildman–Crippen LogP) is 3.61. The maximum Gasteiger partial charge on any atom is 0.251 e. The molecule has 0 heterocycles. The van der Waals surface area contributed by atoms with Crippen molar-refractivity contribution in [1.82, 2.24) is 5.32 Å². The Bertz CT molecular complexity index is 599. The van der Waals surface area contributed by atoms with E-state index in [1.54, 1.807) is 18.2 Å². The van der Waals surface area contributed by atoms with Crippen LogP contribution in [-0.4, -0.2) is 5.91 Å². The number of anilines is 1. The van der Waals surface area contributed by atoms with Gasteiger partial charge in [0.15, 0.2) is 0 Å². The van der Waals surface area contributed by atoms with E-state index in [0.29, 0.717) is 22.8 Å². The highest BCUT2D eigenvalue weighted by atomic mass is 79.9. The molecule has 2 aromatic carbocycles. The molecule has 0 unspecified atom stereocenters. The van der Waals surface area contributed by atoms with Crippen molar-refractivity contribution >= 4 is 39.1 Å². The third-order valence-electron chi connectivity index (χ3n) is 2.62. The molecular formula is C14H12BrClN2O. The van der Waals surface area contributed by atoms with Crippen LogP contribution in [0.25, 0.3) is 0 Å². The quantitative estimate of drug-likeness (QED) is 0.839. The fourth-order valence-electron chi connectivity index (χ4n) is 1.57. The van der Waals surface area contributed by atoms with Crippen molar-refractivity contribution < 1.29 is 4.79 Å². The van der Waals surface area contributed by atoms with Gasteiger partial charge in [-0.15, -0.1) is 0 Å². The minimum Gasteiger partial charge on any atom is -0.398 e. The molecule has 0 aliphatic heterocycles. The van der Waals surface area contributed by atoms with Gasteiger partial charge in [-0.1, -0.05) is 39.7 Å². The number of carbonyl (C=O) groups excluding carboxylic acids is 1. The summed E-state index contributed by atoms with van der Waals surface area (Å²) in [5.41, 5.74) is 7.59. The number of nitrogens with two attached hydrogens (primary N) is 1. The van der Waals surface area contributed by atoms with Crippen LogP contribution in [0.1, 0.15) is 15.9 Å². The Balaban J connectivity index is 2.01. The molecule has 0 spiro atoms. The molecule has 98 valence electrons. The van der Waals surface area contributed by atoms with Crippen molar-refractivity contribution in [3.63, 3.8) is 0 Å². The summed E-state index contributed by atoms with van der Waals surface area (Å²) in [5.74, 6) is -0.175. The van der Waals surface area contributed by atoms with Gasteiger partial charge in [-0.25, -0.2) is 0 Å². The van der Waals surface area contributed by atoms with Gasteiger partial charge in [0.1, 0.15) is 0 Å². The summed E-state index contributed by atoms with van der Waals surface area (Å²) in [6, 6.07) is 12.6. The zero-order chi connectivity index (χ0) is 13.8. The lowest BCUT2D eigenvalue weighted by molar-refractivity contribution is 0.0951. The van der Waals surface area contributed by atoms with Gasteiger partial charge >= 0.3 is 0 Å². The fourth-order valence-corrected chi connectivity index (χ4v) is 1.95. The Hall–Kier alpha value is -1.52. The number of carbonyl (C=O) groups is 1. The van der Waals surface area contributed by atoms with E-state index in [1.807, 2.05) is 24.3 Å². The molecule has 0 fully saturated rings. The number of nitrogen functional groups attached to an aromatic ring is 1. The van der Waals surface area contributed by atoms with Crippen LogP contribution in [0.5, 0.6) is 0 Å². The molecule has 0 bridgehead atoms. The molecule has 5 heteroatoms. The molecule has 0 aliphatic rings. The minimum atomic E-state index is -0.175. The molecule has 1 amide bonds. The highest BCUT2D eigenvalue weighted by Gasteiger charge is 2.07. The van der Waals surface area contributed by atoms with Crippen LogP contribution < -0.4 is 11.1 Å². The largest absolute Gasteiger partial charge is 0.398 e. The molecule has 0 aliphatic carbocycles. The first kappa shape index (κ1) is 13.9. The highest BCUT2D eigenvalue weighted by Crippen LogP contribution is 2.19. The lowest BCUT2D eigenvalue weighted by Gasteiger charge is -2.07. The van der Waals surface area contributed by atoms with E-state index in [-0.39, 0.29) is 5.91 Å². The number of hydrogen-bond donors (Lipinski definition) is 2. The summed E-state index contributed by atoms with van der Waals surface area (Å²) in [5, 5.41) is 3.28. The molecule has 3 N–H and O–H groups in total. The third-order valence-corrected chi connectivity index (χ3v) is 3.50. The standard InChI is InChI=1S/C14H12BrClN2O/c15-11-4-1-9(2-5-11)8-18-14(19)10-3-6-12(16)13(17)7-10/h1-7H,8,17H2,(H,18,19). The Morgan fingerprint density at radius 3 is 2.53 bits per heavy atom. The Morgan fingerprint density at radius 1 is 1.21 bits per heavy atom. The van der Waals surface area contributed by atoms with E-state index >= 15 is 0 Å². The topological polar surface area (TPSA) is 55.1 Å². The normalized spacial score (nSPS) is 10.2. The summed E-state index contributed by atoms with van der Waals surface area (Å²) in [6.07, 6.45) is 0. The smallest absolute Gasteiger partial charge is 0.251 e. The number of benzene rings is 2. The van der Waals surface area contributed by atoms with Gasteiger partial charge in [0.2, 0.25) is 0 Å². The van der Waals surface area contributed by atoms with E-state index in [0.717, 1.165) is 10.0 Å². The number of amides is 1. The van der Waals surface area contributed by atoms with E-state index in [2.05, 4.69) is 21.2 Å². The monoisotopic (exact) mass is 338 g/mol. The minimum absolute atomic E-state index is 0.175. The number of hydrogen-bond acceptors (Lipinski definition) is 2. The molecule has 2 aromatic rings. The van der Waals surface area contributed by atoms with Crippen LogP contribution in [0.2, 0.25) is 5.02 Å². The first-order valence-electron chi connectivity index (χ1n) is 5.64. The van der Waals surface area contributed by atoms with Gasteiger partial charge in [-0.2, -0.15) is 0 Å². The number of nitrogens with one attached hydrogen (secondary N) is 1. The van der Waals surface area contributed by atoms with Crippen molar-refractivity contribution in [1.29, 1.82) is 0 Å². The summed E-state index contributed by atoms with van der Waals surface area (Å²) >= 11 is 9.18. The van der Waals surface area contributed by atoms with Crippen molar-refractivity contribution in [3.8, 4) is 0 Å². The maximum absolute atomic E-state index is 11.9. The summed E-state index contributed by atoms with van der Waals surface area (Å²) in [4.78, 5) is 11.9. The molecule has 0 aromatic heterocycles. The molecule has 0 saturated carbocycles. The molecule has 19 heavy (non-hydrogen) atoms. The Kier molecular flexibility index (Phi) is 4.45. The second kappa shape index (κ2) is 6.08. The van der Waals surface area contributed by atoms with E-state index in [4.69, 9.17) is 17.3 Å². The van der Waals surface area contributed by atoms with Gasteiger partial charge < -0.3 is 11.1 Å². The summed E-state index contributed by atoms with van der Waals surface area (Å²) in [7, 11) is 0. The van der Waals surface area contributed by atoms with Gasteiger partial charge in [0.25, 0.3) is 5.91 Å². The maximum atomic E-state index is 11.9. The van der Waals surface area contributed by atoms with Crippen molar-refractivity contribution in [3.05, 3.63) is 63.1 Å². The van der Waals surface area contributed by atoms with Crippen molar-refractivity contribution in [2.75, 3.05) is 5.73 Å². The van der Waals surface area contributed by atoms with E-state index in [9.17, 15) is 4.79 Å². The average molecular weight is 340 g/mol. The molecule has 2 rings (SSSR count). The molecule has 0 atom stereocenters. The first-order valence-corrected chi connectivity index (χ1v) is 6.81. The second-order valence-corrected chi connectivity index (χ2v) is 5.37. The highest BCUT2D eigenvalue weighted by molar-refractivity contribution is 9.10. The van der Waals surface area contributed by atoms with Crippen molar-refractivity contribution in [2.24, 2.45) is 0 Å². The Morgan fingerprint density at radius 2 is 1.89 bits per heavy atom. The van der Waals surface area contributed by atoms with E-state index in [1.165, 1.54) is 0 Å². The van der Waals surface area contributed by atoms with Crippen LogP contribution in [0, 0.1) is 0 Å². The van der Waals surface area contributed by atoms with Gasteiger partial charge in [0, 0.05) is 16.6 Å². The van der Waals surface area contributed by atoms with E-state index < -0.39 is 0 Å². The third kappa shape index (κ3) is 3.72. The molecule has 0 radical (unpaired) electrons. The van der Waals surface area contributed by atoms with Gasteiger partial charge in [-0.05, 0) is 35.9 Å². The number of rotatable bonds is 3. The van der Waals surface area contributed by atoms with Gasteiger partial charge in [-0.3, -0.25) is 4.79 Å². The van der Waals surface area contributed by atoms with Crippen LogP contribution in [0.4, 0.5) is 5.69 Å². The second-order valence-electron chi connectivity index (χ2n) is 4.05. The fraction of sp³-hybridized carbons (Fsp3) is 0.0714. The van der Waals surface area contributed by atoms with Crippen LogP contribution in [-0.2, 0) is 6.54 Å². The predicted molar refractivity (Wildman–Crippen MR) is 81.2 cm³/mol. The lowest BCUT2D eigenvalue weighted by atomic mass is 10.1. The SMILES string of the molecule is Nc1cc(C(=O)NCc2ccc(Br)cc2)ccc1Cl. The molecule has 3 nitrogen and oxygen atoms in total. The lowest BCUT2D eigenvalue weighted by Crippen LogP contribution is -2.22. The van der Waals surface area contributed by atoms with Crippen LogP contribution >= 0.6 is 27.5 Å². The van der Waals surface area contributed by atoms with Crippen LogP contribution in [0.15, 0.2) is 46.9 Å². The van der Waals surface area contributed by atoms with Crippen molar-refractivity contribution in [2.45, 2.75) is 6.54 Å². The van der Waals surface area contributed by atoms with Crippen LogP contribution in [0.3, 0.4) is 0 Å². The zero-order valence-electron chi connectivity index (χ0n) is 9.99. The zero-order valence-corrected chi connectivity index (χ0v) is 12.3. The average Bonchev–Trinajstić information content (AvgIpc) is 2.41. The summed E-state index contributed by atoms with van der Waals surface area (Å²) < 4.78 is 1.01. The number of halogens is 2. The Labute approximate surface area is 124 Å². The molecular weight excluding hydrogens is 328 g/mol.